The first-order valence-electron chi connectivity index (χ1n) is 11.1. The summed E-state index contributed by atoms with van der Waals surface area (Å²) >= 11 is 0. The molecule has 1 aliphatic heterocycles. The van der Waals surface area contributed by atoms with E-state index in [0.29, 0.717) is 11.3 Å². The molecule has 2 aromatic carbocycles. The molecule has 0 atom stereocenters. The number of hydrogen-bond donors (Lipinski definition) is 3. The predicted octanol–water partition coefficient (Wildman–Crippen LogP) is 4.24. The first kappa shape index (κ1) is 21.0. The number of H-pyrrole nitrogens is 1. The Labute approximate surface area is 192 Å². The Morgan fingerprint density at radius 3 is 2.39 bits per heavy atom. The number of benzene rings is 2. The molecule has 0 saturated carbocycles. The lowest BCUT2D eigenvalue weighted by atomic mass is 9.96. The number of likely N-dealkylation sites (N-methyl/N-ethyl adjacent to an activating group) is 1. The molecule has 168 valence electrons. The first-order chi connectivity index (χ1) is 15.9. The van der Waals surface area contributed by atoms with Crippen molar-refractivity contribution >= 4 is 28.4 Å². The number of anilines is 2. The van der Waals surface area contributed by atoms with Gasteiger partial charge in [-0.3, -0.25) is 0 Å². The van der Waals surface area contributed by atoms with Crippen molar-refractivity contribution < 1.29 is 9.90 Å². The fourth-order valence-electron chi connectivity index (χ4n) is 4.40. The molecule has 4 aromatic rings. The van der Waals surface area contributed by atoms with Gasteiger partial charge < -0.3 is 25.6 Å². The molecule has 0 amide bonds. The number of nitrogens with two attached hydrogens (primary N) is 1. The number of piperazine rings is 1. The van der Waals surface area contributed by atoms with E-state index in [1.54, 1.807) is 6.07 Å². The molecule has 7 heteroatoms. The Kier molecular flexibility index (Phi) is 5.26. The minimum Gasteiger partial charge on any atom is -0.478 e. The normalized spacial score (nSPS) is 14.7. The Balaban J connectivity index is 1.63. The van der Waals surface area contributed by atoms with Crippen LogP contribution in [0.4, 0.5) is 11.4 Å². The van der Waals surface area contributed by atoms with E-state index in [1.165, 1.54) is 11.9 Å². The number of aromatic nitrogens is 2. The van der Waals surface area contributed by atoms with Crippen LogP contribution in [-0.4, -0.2) is 59.2 Å². The molecule has 0 radical (unpaired) electrons. The number of nitrogen functional groups attached to an aromatic ring is 1. The lowest BCUT2D eigenvalue weighted by molar-refractivity contribution is 0.0696. The smallest absolute Gasteiger partial charge is 0.337 e. The molecule has 4 N–H and O–H groups in total. The van der Waals surface area contributed by atoms with Crippen LogP contribution in [0.5, 0.6) is 0 Å². The highest BCUT2D eigenvalue weighted by molar-refractivity contribution is 6.05. The van der Waals surface area contributed by atoms with Gasteiger partial charge in [-0.2, -0.15) is 0 Å². The Morgan fingerprint density at radius 1 is 1.03 bits per heavy atom. The van der Waals surface area contributed by atoms with Crippen molar-refractivity contribution in [2.45, 2.75) is 6.92 Å². The fraction of sp³-hybridized carbons (Fsp3) is 0.231. The van der Waals surface area contributed by atoms with E-state index in [4.69, 9.17) is 5.73 Å². The summed E-state index contributed by atoms with van der Waals surface area (Å²) in [4.78, 5) is 24.1. The number of nitrogens with one attached hydrogen (secondary N) is 1. The summed E-state index contributed by atoms with van der Waals surface area (Å²) in [7, 11) is 2.15. The predicted molar refractivity (Wildman–Crippen MR) is 133 cm³/mol. The van der Waals surface area contributed by atoms with Crippen molar-refractivity contribution in [3.8, 4) is 22.4 Å². The highest BCUT2D eigenvalue weighted by atomic mass is 16.4. The number of aryl methyl sites for hydroxylation is 1. The van der Waals surface area contributed by atoms with Gasteiger partial charge in [-0.15, -0.1) is 0 Å². The quantitative estimate of drug-likeness (QED) is 0.410. The molecule has 0 spiro atoms. The molecule has 1 saturated heterocycles. The van der Waals surface area contributed by atoms with E-state index in [0.717, 1.165) is 59.5 Å². The SMILES string of the molecule is Cc1ccc(-c2c(-c3ccc(N4CCN(C)CC4)cc3)[nH]c3ncc(C(=O)O)cc23)cc1N. The number of carboxylic acid groups (broad SMARTS) is 1. The van der Waals surface area contributed by atoms with Crippen molar-refractivity contribution in [1.82, 2.24) is 14.9 Å². The van der Waals surface area contributed by atoms with Crippen LogP contribution in [0.3, 0.4) is 0 Å². The van der Waals surface area contributed by atoms with Gasteiger partial charge in [0.25, 0.3) is 0 Å². The third-order valence-corrected chi connectivity index (χ3v) is 6.49. The van der Waals surface area contributed by atoms with Gasteiger partial charge in [0.1, 0.15) is 5.65 Å². The van der Waals surface area contributed by atoms with Crippen LogP contribution in [0.15, 0.2) is 54.7 Å². The van der Waals surface area contributed by atoms with Crippen molar-refractivity contribution in [2.24, 2.45) is 0 Å². The summed E-state index contributed by atoms with van der Waals surface area (Å²) in [5.74, 6) is -1.00. The fourth-order valence-corrected chi connectivity index (χ4v) is 4.40. The lowest BCUT2D eigenvalue weighted by Crippen LogP contribution is -2.44. The average molecular weight is 442 g/mol. The lowest BCUT2D eigenvalue weighted by Gasteiger charge is -2.34. The van der Waals surface area contributed by atoms with Crippen LogP contribution in [0.25, 0.3) is 33.4 Å². The highest BCUT2D eigenvalue weighted by Gasteiger charge is 2.19. The summed E-state index contributed by atoms with van der Waals surface area (Å²) in [6.45, 7) is 6.10. The maximum absolute atomic E-state index is 11.6. The van der Waals surface area contributed by atoms with Crippen molar-refractivity contribution in [3.63, 3.8) is 0 Å². The molecular weight excluding hydrogens is 414 g/mol. The molecule has 3 heterocycles. The summed E-state index contributed by atoms with van der Waals surface area (Å²) in [5, 5.41) is 10.3. The number of rotatable bonds is 4. The minimum atomic E-state index is -1.00. The molecule has 0 unspecified atom stereocenters. The molecule has 2 aromatic heterocycles. The third kappa shape index (κ3) is 3.91. The van der Waals surface area contributed by atoms with E-state index < -0.39 is 5.97 Å². The average Bonchev–Trinajstić information content (AvgIpc) is 3.20. The molecular formula is C26H27N5O2. The Morgan fingerprint density at radius 2 is 1.73 bits per heavy atom. The monoisotopic (exact) mass is 441 g/mol. The maximum Gasteiger partial charge on any atom is 0.337 e. The second-order valence-corrected chi connectivity index (χ2v) is 8.71. The zero-order valence-corrected chi connectivity index (χ0v) is 18.8. The van der Waals surface area contributed by atoms with E-state index in [-0.39, 0.29) is 5.56 Å². The van der Waals surface area contributed by atoms with E-state index in [9.17, 15) is 9.90 Å². The van der Waals surface area contributed by atoms with Crippen molar-refractivity contribution in [2.75, 3.05) is 43.9 Å². The molecule has 7 nitrogen and oxygen atoms in total. The van der Waals surface area contributed by atoms with Gasteiger partial charge >= 0.3 is 5.97 Å². The summed E-state index contributed by atoms with van der Waals surface area (Å²) in [6.07, 6.45) is 1.38. The number of carbonyl (C=O) groups is 1. The number of aromatic amines is 1. The number of aromatic carboxylic acids is 1. The Hall–Kier alpha value is -3.84. The molecule has 5 rings (SSSR count). The van der Waals surface area contributed by atoms with Gasteiger partial charge in [-0.05, 0) is 54.9 Å². The van der Waals surface area contributed by atoms with Gasteiger partial charge in [0.2, 0.25) is 0 Å². The number of carboxylic acids is 1. The van der Waals surface area contributed by atoms with E-state index in [1.807, 2.05) is 25.1 Å². The maximum atomic E-state index is 11.6. The van der Waals surface area contributed by atoms with E-state index in [2.05, 4.69) is 51.1 Å². The molecule has 0 aliphatic carbocycles. The molecule has 0 bridgehead atoms. The number of fused-ring (bicyclic) bond motifs is 1. The second-order valence-electron chi connectivity index (χ2n) is 8.71. The van der Waals surface area contributed by atoms with Crippen LogP contribution in [0.1, 0.15) is 15.9 Å². The Bertz CT molecular complexity index is 1340. The molecule has 1 fully saturated rings. The van der Waals surface area contributed by atoms with Crippen LogP contribution in [-0.2, 0) is 0 Å². The van der Waals surface area contributed by atoms with Gasteiger partial charge in [0, 0.05) is 54.7 Å². The van der Waals surface area contributed by atoms with Gasteiger partial charge in [-0.1, -0.05) is 24.3 Å². The number of hydrogen-bond acceptors (Lipinski definition) is 5. The first-order valence-corrected chi connectivity index (χ1v) is 11.1. The van der Waals surface area contributed by atoms with Gasteiger partial charge in [-0.25, -0.2) is 9.78 Å². The summed E-state index contributed by atoms with van der Waals surface area (Å²) in [6, 6.07) is 16.1. The zero-order chi connectivity index (χ0) is 23.1. The van der Waals surface area contributed by atoms with Crippen LogP contribution in [0.2, 0.25) is 0 Å². The van der Waals surface area contributed by atoms with E-state index >= 15 is 0 Å². The van der Waals surface area contributed by atoms with Gasteiger partial charge in [0.15, 0.2) is 0 Å². The zero-order valence-electron chi connectivity index (χ0n) is 18.8. The number of nitrogens with zero attached hydrogens (tertiary/aromatic N) is 3. The standard InChI is InChI=1S/C26H27N5O2/c1-16-3-4-18(14-22(16)27)23-21-13-19(26(32)33)15-28-25(21)29-24(23)17-5-7-20(8-6-17)31-11-9-30(2)10-12-31/h3-8,13-15H,9-12,27H2,1-2H3,(H,28,29)(H,32,33). The van der Waals surface area contributed by atoms with Crippen LogP contribution >= 0.6 is 0 Å². The second kappa shape index (κ2) is 8.26. The third-order valence-electron chi connectivity index (χ3n) is 6.49. The minimum absolute atomic E-state index is 0.153. The summed E-state index contributed by atoms with van der Waals surface area (Å²) in [5.41, 5.74) is 13.7. The van der Waals surface area contributed by atoms with Crippen LogP contribution < -0.4 is 10.6 Å². The van der Waals surface area contributed by atoms with Crippen molar-refractivity contribution in [1.29, 1.82) is 0 Å². The largest absolute Gasteiger partial charge is 0.478 e. The summed E-state index contributed by atoms with van der Waals surface area (Å²) < 4.78 is 0. The van der Waals surface area contributed by atoms with Gasteiger partial charge in [0.05, 0.1) is 11.3 Å². The molecule has 33 heavy (non-hydrogen) atoms. The highest BCUT2D eigenvalue weighted by Crippen LogP contribution is 2.39. The number of pyridine rings is 1. The van der Waals surface area contributed by atoms with Crippen molar-refractivity contribution in [3.05, 3.63) is 65.9 Å². The molecule has 1 aliphatic rings. The topological polar surface area (TPSA) is 98.5 Å². The van der Waals surface area contributed by atoms with Crippen LogP contribution in [0, 0.1) is 6.92 Å².